The molecule has 0 aliphatic carbocycles. The number of nitrogens with two attached hydrogens (primary N) is 1. The molecule has 0 radical (unpaired) electrons. The van der Waals surface area contributed by atoms with E-state index >= 15 is 0 Å². The van der Waals surface area contributed by atoms with Crippen molar-refractivity contribution in [3.63, 3.8) is 0 Å². The summed E-state index contributed by atoms with van der Waals surface area (Å²) < 4.78 is 25.1. The summed E-state index contributed by atoms with van der Waals surface area (Å²) in [6, 6.07) is 0. The summed E-state index contributed by atoms with van der Waals surface area (Å²) in [6.07, 6.45) is 1.62. The predicted molar refractivity (Wildman–Crippen MR) is 62.0 cm³/mol. The van der Waals surface area contributed by atoms with Crippen LogP contribution < -0.4 is 5.73 Å². The minimum absolute atomic E-state index is 0.230. The first-order chi connectivity index (χ1) is 6.83. The summed E-state index contributed by atoms with van der Waals surface area (Å²) in [5.74, 6) is 0.504. The quantitative estimate of drug-likeness (QED) is 0.782. The Bertz CT molecular complexity index is 309. The number of rotatable bonds is 4. The van der Waals surface area contributed by atoms with E-state index in [0.717, 1.165) is 12.8 Å². The molecule has 0 aromatic rings. The number of hydrogen-bond acceptors (Lipinski definition) is 3. The van der Waals surface area contributed by atoms with Crippen molar-refractivity contribution in [2.45, 2.75) is 39.2 Å². The van der Waals surface area contributed by atoms with Gasteiger partial charge < -0.3 is 5.73 Å². The van der Waals surface area contributed by atoms with E-state index in [0.29, 0.717) is 13.1 Å². The fraction of sp³-hybridized carbons (Fsp3) is 1.00. The van der Waals surface area contributed by atoms with Crippen molar-refractivity contribution in [1.82, 2.24) is 4.31 Å². The van der Waals surface area contributed by atoms with Crippen LogP contribution in [0.15, 0.2) is 0 Å². The lowest BCUT2D eigenvalue weighted by molar-refractivity contribution is 0.287. The van der Waals surface area contributed by atoms with Crippen molar-refractivity contribution in [2.24, 2.45) is 11.7 Å². The minimum atomic E-state index is -3.04. The molecule has 1 rings (SSSR count). The zero-order chi connectivity index (χ0) is 11.7. The first-order valence-electron chi connectivity index (χ1n) is 5.59. The summed E-state index contributed by atoms with van der Waals surface area (Å²) in [4.78, 5) is 0. The van der Waals surface area contributed by atoms with Crippen LogP contribution in [-0.2, 0) is 10.0 Å². The lowest BCUT2D eigenvalue weighted by Crippen LogP contribution is -2.49. The van der Waals surface area contributed by atoms with Gasteiger partial charge in [0.2, 0.25) is 10.0 Å². The maximum absolute atomic E-state index is 11.8. The summed E-state index contributed by atoms with van der Waals surface area (Å²) in [6.45, 7) is 7.08. The van der Waals surface area contributed by atoms with Gasteiger partial charge in [-0.1, -0.05) is 20.8 Å². The average Bonchev–Trinajstić information content (AvgIpc) is 2.39. The fourth-order valence-corrected chi connectivity index (χ4v) is 3.94. The monoisotopic (exact) mass is 234 g/mol. The molecule has 90 valence electrons. The Balaban J connectivity index is 2.74. The van der Waals surface area contributed by atoms with Crippen LogP contribution in [0.25, 0.3) is 0 Å². The second-order valence-electron chi connectivity index (χ2n) is 4.75. The van der Waals surface area contributed by atoms with E-state index < -0.39 is 10.0 Å². The Kier molecular flexibility index (Phi) is 3.79. The Morgan fingerprint density at radius 2 is 1.93 bits per heavy atom. The Labute approximate surface area is 92.9 Å². The van der Waals surface area contributed by atoms with Crippen LogP contribution in [-0.4, -0.2) is 37.1 Å². The van der Waals surface area contributed by atoms with Gasteiger partial charge in [0.25, 0.3) is 0 Å². The highest BCUT2D eigenvalue weighted by atomic mass is 32.2. The molecule has 1 heterocycles. The third-order valence-corrected chi connectivity index (χ3v) is 5.36. The van der Waals surface area contributed by atoms with Crippen molar-refractivity contribution in [2.75, 3.05) is 18.8 Å². The van der Waals surface area contributed by atoms with Gasteiger partial charge >= 0.3 is 0 Å². The lowest BCUT2D eigenvalue weighted by atomic mass is 9.94. The van der Waals surface area contributed by atoms with E-state index in [-0.39, 0.29) is 17.2 Å². The summed E-state index contributed by atoms with van der Waals surface area (Å²) in [7, 11) is -3.04. The van der Waals surface area contributed by atoms with Gasteiger partial charge in [0, 0.05) is 18.6 Å². The largest absolute Gasteiger partial charge is 0.324 e. The molecular weight excluding hydrogens is 212 g/mol. The van der Waals surface area contributed by atoms with Gasteiger partial charge in [-0.25, -0.2) is 8.42 Å². The lowest BCUT2D eigenvalue weighted by Gasteiger charge is -2.30. The van der Waals surface area contributed by atoms with E-state index in [2.05, 4.69) is 0 Å². The molecule has 1 fully saturated rings. The highest BCUT2D eigenvalue weighted by molar-refractivity contribution is 7.89. The van der Waals surface area contributed by atoms with E-state index in [9.17, 15) is 8.42 Å². The molecule has 0 saturated carbocycles. The van der Waals surface area contributed by atoms with Crippen LogP contribution in [0.5, 0.6) is 0 Å². The van der Waals surface area contributed by atoms with Crippen molar-refractivity contribution < 1.29 is 8.42 Å². The molecule has 1 aliphatic rings. The van der Waals surface area contributed by atoms with Crippen LogP contribution in [0.3, 0.4) is 0 Å². The van der Waals surface area contributed by atoms with Crippen molar-refractivity contribution in [3.05, 3.63) is 0 Å². The zero-order valence-electron chi connectivity index (χ0n) is 9.86. The molecule has 1 unspecified atom stereocenters. The van der Waals surface area contributed by atoms with Crippen LogP contribution in [0.4, 0.5) is 0 Å². The van der Waals surface area contributed by atoms with Gasteiger partial charge in [-0.15, -0.1) is 0 Å². The SMILES string of the molecule is CCC(N)(CC)CN1CC(C)CS1(=O)=O. The molecule has 4 nitrogen and oxygen atoms in total. The molecule has 2 N–H and O–H groups in total. The topological polar surface area (TPSA) is 63.4 Å². The number of nitrogens with zero attached hydrogens (tertiary/aromatic N) is 1. The van der Waals surface area contributed by atoms with Crippen molar-refractivity contribution >= 4 is 10.0 Å². The first kappa shape index (κ1) is 12.9. The molecule has 15 heavy (non-hydrogen) atoms. The van der Waals surface area contributed by atoms with Crippen molar-refractivity contribution in [1.29, 1.82) is 0 Å². The molecule has 1 atom stereocenters. The number of hydrogen-bond donors (Lipinski definition) is 1. The van der Waals surface area contributed by atoms with E-state index in [1.54, 1.807) is 4.31 Å². The minimum Gasteiger partial charge on any atom is -0.324 e. The van der Waals surface area contributed by atoms with Crippen LogP contribution in [0.1, 0.15) is 33.6 Å². The maximum Gasteiger partial charge on any atom is 0.214 e. The molecular formula is C10H22N2O2S. The molecule has 1 saturated heterocycles. The van der Waals surface area contributed by atoms with Gasteiger partial charge in [-0.05, 0) is 18.8 Å². The standard InChI is InChI=1S/C10H22N2O2S/c1-4-10(11,5-2)8-12-6-9(3)7-15(12,13)14/h9H,4-8,11H2,1-3H3. The average molecular weight is 234 g/mol. The maximum atomic E-state index is 11.8. The van der Waals surface area contributed by atoms with E-state index in [1.807, 2.05) is 20.8 Å². The molecule has 0 aromatic carbocycles. The third kappa shape index (κ3) is 2.92. The molecule has 0 aromatic heterocycles. The second kappa shape index (κ2) is 4.39. The highest BCUT2D eigenvalue weighted by Crippen LogP contribution is 2.23. The summed E-state index contributed by atoms with van der Waals surface area (Å²) >= 11 is 0. The molecule has 0 bridgehead atoms. The van der Waals surface area contributed by atoms with Gasteiger partial charge in [0.1, 0.15) is 0 Å². The van der Waals surface area contributed by atoms with Gasteiger partial charge in [-0.3, -0.25) is 0 Å². The Morgan fingerprint density at radius 1 is 1.40 bits per heavy atom. The molecule has 0 amide bonds. The number of sulfonamides is 1. The molecule has 0 spiro atoms. The normalized spacial score (nSPS) is 27.1. The van der Waals surface area contributed by atoms with Crippen LogP contribution >= 0.6 is 0 Å². The van der Waals surface area contributed by atoms with Gasteiger partial charge in [-0.2, -0.15) is 4.31 Å². The third-order valence-electron chi connectivity index (χ3n) is 3.30. The first-order valence-corrected chi connectivity index (χ1v) is 7.20. The fourth-order valence-electron chi connectivity index (χ4n) is 1.97. The van der Waals surface area contributed by atoms with Gasteiger partial charge in [0.05, 0.1) is 5.75 Å². The van der Waals surface area contributed by atoms with Gasteiger partial charge in [0.15, 0.2) is 0 Å². The Morgan fingerprint density at radius 3 is 2.27 bits per heavy atom. The zero-order valence-corrected chi connectivity index (χ0v) is 10.7. The summed E-state index contributed by atoms with van der Waals surface area (Å²) in [5.41, 5.74) is 5.77. The van der Waals surface area contributed by atoms with Crippen LogP contribution in [0, 0.1) is 5.92 Å². The predicted octanol–water partition coefficient (Wildman–Crippen LogP) is 0.785. The smallest absolute Gasteiger partial charge is 0.214 e. The highest BCUT2D eigenvalue weighted by Gasteiger charge is 2.37. The van der Waals surface area contributed by atoms with E-state index in [1.165, 1.54) is 0 Å². The van der Waals surface area contributed by atoms with Crippen LogP contribution in [0.2, 0.25) is 0 Å². The summed E-state index contributed by atoms with van der Waals surface area (Å²) in [5, 5.41) is 0. The second-order valence-corrected chi connectivity index (χ2v) is 6.76. The van der Waals surface area contributed by atoms with Crippen molar-refractivity contribution in [3.8, 4) is 0 Å². The molecule has 5 heteroatoms. The molecule has 1 aliphatic heterocycles. The Hall–Kier alpha value is -0.130. The van der Waals surface area contributed by atoms with E-state index in [4.69, 9.17) is 5.73 Å².